The van der Waals surface area contributed by atoms with E-state index in [-0.39, 0.29) is 23.6 Å². The maximum Gasteiger partial charge on any atom is 0.252 e. The standard InChI is InChI=1S/C27H38N6O2/c1-17(2)25(26-29-30-31-33(26)22-8-5-6-9-22)32(16-23-10-7-11-35-23)15-21-14-20-12-18(3)19(4)13-24(20)28-27(21)34/h12-14,17,22-23,25H,5-11,15-16H2,1-4H3,(H,28,34)/t23-,25-/m1/s1. The van der Waals surface area contributed by atoms with Crippen LogP contribution in [0.1, 0.15) is 87.0 Å². The topological polar surface area (TPSA) is 88.9 Å². The lowest BCUT2D eigenvalue weighted by Gasteiger charge is -2.35. The number of fused-ring (bicyclic) bond motifs is 1. The van der Waals surface area contributed by atoms with Gasteiger partial charge in [-0.15, -0.1) is 5.10 Å². The molecule has 2 atom stereocenters. The number of nitrogens with one attached hydrogen (secondary N) is 1. The Balaban J connectivity index is 1.53. The number of aromatic amines is 1. The molecule has 2 aromatic heterocycles. The number of hydrogen-bond acceptors (Lipinski definition) is 6. The Labute approximate surface area is 207 Å². The molecule has 35 heavy (non-hydrogen) atoms. The molecular weight excluding hydrogens is 440 g/mol. The van der Waals surface area contributed by atoms with Crippen molar-refractivity contribution in [3.05, 3.63) is 51.1 Å². The van der Waals surface area contributed by atoms with Crippen LogP contribution in [0, 0.1) is 19.8 Å². The fourth-order valence-corrected chi connectivity index (χ4v) is 5.87. The number of aromatic nitrogens is 5. The van der Waals surface area contributed by atoms with Crippen LogP contribution in [0.2, 0.25) is 0 Å². The Bertz CT molecular complexity index is 1220. The first-order chi connectivity index (χ1) is 16.9. The van der Waals surface area contributed by atoms with Crippen LogP contribution in [0.25, 0.3) is 10.9 Å². The van der Waals surface area contributed by atoms with E-state index in [9.17, 15) is 4.79 Å². The molecule has 0 amide bonds. The van der Waals surface area contributed by atoms with Crippen LogP contribution in [0.15, 0.2) is 23.0 Å². The summed E-state index contributed by atoms with van der Waals surface area (Å²) in [6.07, 6.45) is 6.98. The third kappa shape index (κ3) is 5.05. The second-order valence-corrected chi connectivity index (χ2v) is 10.8. The summed E-state index contributed by atoms with van der Waals surface area (Å²) in [6.45, 7) is 10.7. The van der Waals surface area contributed by atoms with Crippen molar-refractivity contribution in [2.45, 2.75) is 91.0 Å². The lowest BCUT2D eigenvalue weighted by Crippen LogP contribution is -2.40. The van der Waals surface area contributed by atoms with Gasteiger partial charge in [-0.1, -0.05) is 26.7 Å². The van der Waals surface area contributed by atoms with Crippen LogP contribution in [0.3, 0.4) is 0 Å². The summed E-state index contributed by atoms with van der Waals surface area (Å²) in [5.41, 5.74) is 4.03. The molecule has 188 valence electrons. The minimum Gasteiger partial charge on any atom is -0.377 e. The summed E-state index contributed by atoms with van der Waals surface area (Å²) in [5, 5.41) is 14.1. The third-order valence-electron chi connectivity index (χ3n) is 7.85. The van der Waals surface area contributed by atoms with Crippen molar-refractivity contribution in [1.82, 2.24) is 30.1 Å². The molecule has 1 N–H and O–H groups in total. The highest BCUT2D eigenvalue weighted by atomic mass is 16.5. The summed E-state index contributed by atoms with van der Waals surface area (Å²) < 4.78 is 8.11. The van der Waals surface area contributed by atoms with Crippen molar-refractivity contribution in [3.63, 3.8) is 0 Å². The van der Waals surface area contributed by atoms with Gasteiger partial charge in [0.05, 0.1) is 18.2 Å². The van der Waals surface area contributed by atoms with E-state index in [0.29, 0.717) is 12.6 Å². The van der Waals surface area contributed by atoms with Crippen molar-refractivity contribution in [2.24, 2.45) is 5.92 Å². The van der Waals surface area contributed by atoms with E-state index in [1.165, 1.54) is 24.0 Å². The monoisotopic (exact) mass is 478 g/mol. The molecule has 1 saturated heterocycles. The van der Waals surface area contributed by atoms with Crippen LogP contribution in [-0.2, 0) is 11.3 Å². The first-order valence-electron chi connectivity index (χ1n) is 13.2. The molecule has 3 aromatic rings. The second-order valence-electron chi connectivity index (χ2n) is 10.8. The predicted octanol–water partition coefficient (Wildman–Crippen LogP) is 4.62. The zero-order valence-corrected chi connectivity index (χ0v) is 21.5. The molecule has 3 heterocycles. The van der Waals surface area contributed by atoms with Crippen molar-refractivity contribution in [3.8, 4) is 0 Å². The minimum absolute atomic E-state index is 0.00958. The van der Waals surface area contributed by atoms with E-state index >= 15 is 0 Å². The molecule has 1 aromatic carbocycles. The second kappa shape index (κ2) is 10.2. The average molecular weight is 479 g/mol. The number of aryl methyl sites for hydroxylation is 2. The van der Waals surface area contributed by atoms with Crippen LogP contribution in [-0.4, -0.2) is 49.3 Å². The molecule has 5 rings (SSSR count). The average Bonchev–Trinajstić information content (AvgIpc) is 3.58. The summed E-state index contributed by atoms with van der Waals surface area (Å²) in [4.78, 5) is 18.7. The van der Waals surface area contributed by atoms with E-state index in [4.69, 9.17) is 4.74 Å². The number of rotatable bonds is 8. The van der Waals surface area contributed by atoms with Crippen LogP contribution >= 0.6 is 0 Å². The SMILES string of the molecule is Cc1cc2cc(CN(C[C@H]3CCCO3)[C@@H](c3nnnn3C3CCCC3)C(C)C)c(=O)[nH]c2cc1C. The largest absolute Gasteiger partial charge is 0.377 e. The normalized spacial score (nSPS) is 20.0. The summed E-state index contributed by atoms with van der Waals surface area (Å²) >= 11 is 0. The summed E-state index contributed by atoms with van der Waals surface area (Å²) in [5.74, 6) is 1.18. The fourth-order valence-electron chi connectivity index (χ4n) is 5.87. The zero-order valence-electron chi connectivity index (χ0n) is 21.5. The predicted molar refractivity (Wildman–Crippen MR) is 136 cm³/mol. The number of tetrazole rings is 1. The van der Waals surface area contributed by atoms with Crippen molar-refractivity contribution < 1.29 is 4.74 Å². The molecule has 1 saturated carbocycles. The van der Waals surface area contributed by atoms with E-state index < -0.39 is 0 Å². The summed E-state index contributed by atoms with van der Waals surface area (Å²) in [6, 6.07) is 6.63. The molecule has 1 aliphatic carbocycles. The quantitative estimate of drug-likeness (QED) is 0.508. The van der Waals surface area contributed by atoms with Crippen molar-refractivity contribution in [2.75, 3.05) is 13.2 Å². The maximum absolute atomic E-state index is 13.2. The van der Waals surface area contributed by atoms with E-state index in [1.54, 1.807) is 0 Å². The van der Waals surface area contributed by atoms with Gasteiger partial charge in [-0.05, 0) is 90.6 Å². The Kier molecular flexibility index (Phi) is 7.02. The molecule has 0 bridgehead atoms. The van der Waals surface area contributed by atoms with Crippen molar-refractivity contribution >= 4 is 10.9 Å². The smallest absolute Gasteiger partial charge is 0.252 e. The molecule has 8 heteroatoms. The lowest BCUT2D eigenvalue weighted by atomic mass is 9.99. The molecular formula is C27H38N6O2. The highest BCUT2D eigenvalue weighted by Gasteiger charge is 2.34. The minimum atomic E-state index is -0.0315. The summed E-state index contributed by atoms with van der Waals surface area (Å²) in [7, 11) is 0. The number of hydrogen-bond donors (Lipinski definition) is 1. The molecule has 2 aliphatic rings. The van der Waals surface area contributed by atoms with Gasteiger partial charge in [-0.2, -0.15) is 0 Å². The Morgan fingerprint density at radius 2 is 1.89 bits per heavy atom. The van der Waals surface area contributed by atoms with Crippen molar-refractivity contribution in [1.29, 1.82) is 0 Å². The van der Waals surface area contributed by atoms with Crippen LogP contribution < -0.4 is 5.56 Å². The van der Waals surface area contributed by atoms with Gasteiger partial charge < -0.3 is 9.72 Å². The van der Waals surface area contributed by atoms with Gasteiger partial charge >= 0.3 is 0 Å². The van der Waals surface area contributed by atoms with Gasteiger partial charge in [0.1, 0.15) is 0 Å². The lowest BCUT2D eigenvalue weighted by molar-refractivity contribution is 0.0379. The van der Waals surface area contributed by atoms with Gasteiger partial charge in [0.15, 0.2) is 5.82 Å². The maximum atomic E-state index is 13.2. The fraction of sp³-hybridized carbons (Fsp3) is 0.630. The molecule has 0 spiro atoms. The first-order valence-corrected chi connectivity index (χ1v) is 13.2. The molecule has 2 fully saturated rings. The third-order valence-corrected chi connectivity index (χ3v) is 7.85. The highest BCUT2D eigenvalue weighted by molar-refractivity contribution is 5.80. The Morgan fingerprint density at radius 1 is 1.11 bits per heavy atom. The number of ether oxygens (including phenoxy) is 1. The van der Waals surface area contributed by atoms with Gasteiger partial charge in [-0.3, -0.25) is 9.69 Å². The number of nitrogens with zero attached hydrogens (tertiary/aromatic N) is 5. The molecule has 0 radical (unpaired) electrons. The van der Waals surface area contributed by atoms with E-state index in [0.717, 1.165) is 61.1 Å². The van der Waals surface area contributed by atoms with Crippen LogP contribution in [0.4, 0.5) is 0 Å². The number of H-pyrrole nitrogens is 1. The molecule has 8 nitrogen and oxygen atoms in total. The molecule has 0 unspecified atom stereocenters. The van der Waals surface area contributed by atoms with Gasteiger partial charge in [0.2, 0.25) is 0 Å². The number of benzene rings is 1. The Morgan fingerprint density at radius 3 is 2.60 bits per heavy atom. The van der Waals surface area contributed by atoms with Gasteiger partial charge in [0.25, 0.3) is 5.56 Å². The number of pyridine rings is 1. The Hall–Kier alpha value is -2.58. The van der Waals surface area contributed by atoms with E-state index in [1.807, 2.05) is 0 Å². The van der Waals surface area contributed by atoms with Gasteiger partial charge in [-0.25, -0.2) is 4.68 Å². The molecule has 1 aliphatic heterocycles. The van der Waals surface area contributed by atoms with Crippen LogP contribution in [0.5, 0.6) is 0 Å². The first kappa shape index (κ1) is 24.1. The van der Waals surface area contributed by atoms with E-state index in [2.05, 4.69) is 76.0 Å². The highest BCUT2D eigenvalue weighted by Crippen LogP contribution is 2.35. The zero-order chi connectivity index (χ0) is 24.5. The van der Waals surface area contributed by atoms with Gasteiger partial charge in [0, 0.05) is 30.8 Å².